The van der Waals surface area contributed by atoms with Crippen molar-refractivity contribution in [1.29, 1.82) is 0 Å². The van der Waals surface area contributed by atoms with Gasteiger partial charge in [-0.2, -0.15) is 4.98 Å². The molecule has 1 saturated heterocycles. The van der Waals surface area contributed by atoms with Crippen molar-refractivity contribution in [3.8, 4) is 5.88 Å². The molecule has 1 atom stereocenters. The molecule has 1 aliphatic rings. The van der Waals surface area contributed by atoms with Gasteiger partial charge in [0.15, 0.2) is 0 Å². The Labute approximate surface area is 107 Å². The fraction of sp³-hybridized carbons (Fsp3) is 0.667. The molecule has 6 nitrogen and oxygen atoms in total. The standard InChI is InChI=1S/C12H20N4O2/c1-2-4-10-14-11(16-13)7-12(15-10)18-8-9-5-3-6-17-9/h7,9H,2-6,8,13H2,1H3,(H,14,15,16). The summed E-state index contributed by atoms with van der Waals surface area (Å²) < 4.78 is 11.1. The lowest BCUT2D eigenvalue weighted by Gasteiger charge is -2.12. The van der Waals surface area contributed by atoms with E-state index in [0.29, 0.717) is 18.3 Å². The van der Waals surface area contributed by atoms with Gasteiger partial charge in [-0.3, -0.25) is 0 Å². The molecule has 1 aromatic rings. The second kappa shape index (κ2) is 6.51. The molecule has 1 aromatic heterocycles. The molecule has 2 heterocycles. The summed E-state index contributed by atoms with van der Waals surface area (Å²) in [4.78, 5) is 8.61. The van der Waals surface area contributed by atoms with E-state index in [1.807, 2.05) is 0 Å². The van der Waals surface area contributed by atoms with E-state index in [1.165, 1.54) is 0 Å². The maximum absolute atomic E-state index is 5.65. The van der Waals surface area contributed by atoms with Gasteiger partial charge < -0.3 is 14.9 Å². The summed E-state index contributed by atoms with van der Waals surface area (Å²) in [6.45, 7) is 3.44. The number of hydrogen-bond donors (Lipinski definition) is 2. The van der Waals surface area contributed by atoms with Crippen molar-refractivity contribution in [3.63, 3.8) is 0 Å². The Hall–Kier alpha value is -1.40. The van der Waals surface area contributed by atoms with E-state index < -0.39 is 0 Å². The smallest absolute Gasteiger partial charge is 0.218 e. The zero-order valence-electron chi connectivity index (χ0n) is 10.7. The van der Waals surface area contributed by atoms with Crippen molar-refractivity contribution in [2.75, 3.05) is 18.6 Å². The Kier molecular flexibility index (Phi) is 4.72. The quantitative estimate of drug-likeness (QED) is 0.586. The number of anilines is 1. The van der Waals surface area contributed by atoms with Crippen molar-refractivity contribution >= 4 is 5.82 Å². The van der Waals surface area contributed by atoms with Crippen LogP contribution in [0.15, 0.2) is 6.07 Å². The summed E-state index contributed by atoms with van der Waals surface area (Å²) in [5.74, 6) is 7.26. The third-order valence-corrected chi connectivity index (χ3v) is 2.81. The van der Waals surface area contributed by atoms with Crippen molar-refractivity contribution in [2.24, 2.45) is 5.84 Å². The number of hydrogen-bond acceptors (Lipinski definition) is 6. The first kappa shape index (κ1) is 13.0. The average Bonchev–Trinajstić information content (AvgIpc) is 2.89. The van der Waals surface area contributed by atoms with Crippen LogP contribution in [-0.4, -0.2) is 29.3 Å². The number of rotatable bonds is 6. The highest BCUT2D eigenvalue weighted by molar-refractivity contribution is 5.37. The maximum atomic E-state index is 5.65. The Balaban J connectivity index is 1.98. The van der Waals surface area contributed by atoms with Gasteiger partial charge >= 0.3 is 0 Å². The van der Waals surface area contributed by atoms with Gasteiger partial charge in [-0.25, -0.2) is 10.8 Å². The first-order chi connectivity index (χ1) is 8.81. The number of nitrogens with zero attached hydrogens (tertiary/aromatic N) is 2. The topological polar surface area (TPSA) is 82.3 Å². The predicted octanol–water partition coefficient (Wildman–Crippen LogP) is 1.27. The monoisotopic (exact) mass is 252 g/mol. The van der Waals surface area contributed by atoms with Crippen molar-refractivity contribution in [2.45, 2.75) is 38.7 Å². The van der Waals surface area contributed by atoms with Crippen LogP contribution in [0.2, 0.25) is 0 Å². The number of nitrogens with two attached hydrogens (primary N) is 1. The molecule has 100 valence electrons. The summed E-state index contributed by atoms with van der Waals surface area (Å²) >= 11 is 0. The van der Waals surface area contributed by atoms with E-state index in [1.54, 1.807) is 6.07 Å². The van der Waals surface area contributed by atoms with Crippen molar-refractivity contribution < 1.29 is 9.47 Å². The molecular formula is C12H20N4O2. The minimum absolute atomic E-state index is 0.184. The van der Waals surface area contributed by atoms with Crippen LogP contribution < -0.4 is 16.0 Å². The molecule has 3 N–H and O–H groups in total. The fourth-order valence-corrected chi connectivity index (χ4v) is 1.91. The zero-order chi connectivity index (χ0) is 12.8. The molecule has 2 rings (SSSR count). The van der Waals surface area contributed by atoms with E-state index in [-0.39, 0.29) is 6.10 Å². The van der Waals surface area contributed by atoms with Gasteiger partial charge in [0.2, 0.25) is 5.88 Å². The fourth-order valence-electron chi connectivity index (χ4n) is 1.91. The van der Waals surface area contributed by atoms with Gasteiger partial charge in [-0.05, 0) is 19.3 Å². The van der Waals surface area contributed by atoms with Gasteiger partial charge in [0, 0.05) is 19.1 Å². The lowest BCUT2D eigenvalue weighted by Crippen LogP contribution is -2.18. The first-order valence-electron chi connectivity index (χ1n) is 6.40. The molecule has 1 unspecified atom stereocenters. The van der Waals surface area contributed by atoms with Gasteiger partial charge in [-0.15, -0.1) is 0 Å². The largest absolute Gasteiger partial charge is 0.475 e. The highest BCUT2D eigenvalue weighted by atomic mass is 16.5. The van der Waals surface area contributed by atoms with Gasteiger partial charge in [-0.1, -0.05) is 6.92 Å². The lowest BCUT2D eigenvalue weighted by atomic mass is 10.2. The van der Waals surface area contributed by atoms with Crippen LogP contribution in [0.25, 0.3) is 0 Å². The molecule has 18 heavy (non-hydrogen) atoms. The molecule has 0 saturated carbocycles. The lowest BCUT2D eigenvalue weighted by molar-refractivity contribution is 0.0662. The van der Waals surface area contributed by atoms with Crippen LogP contribution >= 0.6 is 0 Å². The summed E-state index contributed by atoms with van der Waals surface area (Å²) in [5, 5.41) is 0. The van der Waals surface area contributed by atoms with E-state index in [4.69, 9.17) is 15.3 Å². The second-order valence-corrected chi connectivity index (χ2v) is 4.35. The van der Waals surface area contributed by atoms with Gasteiger partial charge in [0.1, 0.15) is 18.2 Å². The van der Waals surface area contributed by atoms with Crippen LogP contribution in [0.5, 0.6) is 5.88 Å². The molecule has 0 aromatic carbocycles. The molecular weight excluding hydrogens is 232 g/mol. The van der Waals surface area contributed by atoms with Crippen LogP contribution in [0.3, 0.4) is 0 Å². The SMILES string of the molecule is CCCc1nc(NN)cc(OCC2CCCO2)n1. The average molecular weight is 252 g/mol. The van der Waals surface area contributed by atoms with Crippen LogP contribution in [-0.2, 0) is 11.2 Å². The number of aromatic nitrogens is 2. The molecule has 0 aliphatic carbocycles. The highest BCUT2D eigenvalue weighted by Gasteiger charge is 2.16. The molecule has 1 fully saturated rings. The Morgan fingerprint density at radius 1 is 1.56 bits per heavy atom. The minimum Gasteiger partial charge on any atom is -0.475 e. The molecule has 0 spiro atoms. The summed E-state index contributed by atoms with van der Waals surface area (Å²) in [6.07, 6.45) is 4.14. The van der Waals surface area contributed by atoms with Crippen molar-refractivity contribution in [1.82, 2.24) is 9.97 Å². The Bertz CT molecular complexity index is 380. The van der Waals surface area contributed by atoms with E-state index in [0.717, 1.165) is 38.1 Å². The first-order valence-corrected chi connectivity index (χ1v) is 6.40. The zero-order valence-corrected chi connectivity index (χ0v) is 10.7. The van der Waals surface area contributed by atoms with E-state index in [2.05, 4.69) is 22.3 Å². The van der Waals surface area contributed by atoms with Crippen LogP contribution in [0.4, 0.5) is 5.82 Å². The van der Waals surface area contributed by atoms with E-state index >= 15 is 0 Å². The molecule has 0 radical (unpaired) electrons. The molecule has 0 bridgehead atoms. The van der Waals surface area contributed by atoms with E-state index in [9.17, 15) is 0 Å². The van der Waals surface area contributed by atoms with Gasteiger partial charge in [0.05, 0.1) is 6.10 Å². The molecule has 0 amide bonds. The number of aryl methyl sites for hydroxylation is 1. The number of nitrogens with one attached hydrogen (secondary N) is 1. The highest BCUT2D eigenvalue weighted by Crippen LogP contribution is 2.17. The summed E-state index contributed by atoms with van der Waals surface area (Å²) in [5.41, 5.74) is 2.53. The molecule has 1 aliphatic heterocycles. The third-order valence-electron chi connectivity index (χ3n) is 2.81. The minimum atomic E-state index is 0.184. The number of ether oxygens (including phenoxy) is 2. The third kappa shape index (κ3) is 3.54. The van der Waals surface area contributed by atoms with Crippen LogP contribution in [0.1, 0.15) is 32.0 Å². The Morgan fingerprint density at radius 2 is 2.44 bits per heavy atom. The van der Waals surface area contributed by atoms with Gasteiger partial charge in [0.25, 0.3) is 0 Å². The predicted molar refractivity (Wildman–Crippen MR) is 68.3 cm³/mol. The summed E-state index contributed by atoms with van der Waals surface area (Å²) in [7, 11) is 0. The normalized spacial score (nSPS) is 18.9. The van der Waals surface area contributed by atoms with Crippen LogP contribution in [0, 0.1) is 0 Å². The number of nitrogen functional groups attached to an aromatic ring is 1. The summed E-state index contributed by atoms with van der Waals surface area (Å²) in [6, 6.07) is 1.70. The van der Waals surface area contributed by atoms with Crippen molar-refractivity contribution in [3.05, 3.63) is 11.9 Å². The maximum Gasteiger partial charge on any atom is 0.218 e. The molecule has 6 heteroatoms. The number of hydrazine groups is 1. The second-order valence-electron chi connectivity index (χ2n) is 4.35. The Morgan fingerprint density at radius 3 is 3.11 bits per heavy atom.